The van der Waals surface area contributed by atoms with E-state index < -0.39 is 11.0 Å². The number of benzene rings is 3. The molecule has 0 aliphatic rings. The van der Waals surface area contributed by atoms with Crippen LogP contribution in [0.25, 0.3) is 0 Å². The van der Waals surface area contributed by atoms with E-state index in [-0.39, 0.29) is 5.92 Å². The Kier molecular flexibility index (Phi) is 4.78. The molecule has 0 aliphatic heterocycles. The van der Waals surface area contributed by atoms with Crippen LogP contribution in [0.1, 0.15) is 43.4 Å². The fourth-order valence-corrected chi connectivity index (χ4v) is 3.74. The van der Waals surface area contributed by atoms with Crippen molar-refractivity contribution in [2.45, 2.75) is 32.3 Å². The molecule has 0 spiro atoms. The van der Waals surface area contributed by atoms with Gasteiger partial charge in [-0.2, -0.15) is 0 Å². The van der Waals surface area contributed by atoms with Crippen LogP contribution in [0.15, 0.2) is 91.0 Å². The molecule has 0 saturated carbocycles. The first-order valence-corrected chi connectivity index (χ1v) is 8.86. The highest BCUT2D eigenvalue weighted by molar-refractivity contribution is 5.40. The molecule has 25 heavy (non-hydrogen) atoms. The lowest BCUT2D eigenvalue weighted by molar-refractivity contribution is -0.0498. The fourth-order valence-electron chi connectivity index (χ4n) is 3.74. The molecule has 1 heteroatoms. The second-order valence-electron chi connectivity index (χ2n) is 7.30. The third-order valence-corrected chi connectivity index (χ3v) is 5.70. The molecule has 0 radical (unpaired) electrons. The summed E-state index contributed by atoms with van der Waals surface area (Å²) < 4.78 is 0. The van der Waals surface area contributed by atoms with Crippen LogP contribution in [-0.2, 0) is 5.60 Å². The summed E-state index contributed by atoms with van der Waals surface area (Å²) in [6, 6.07) is 30.5. The Balaban J connectivity index is 2.18. The maximum atomic E-state index is 12.1. The third kappa shape index (κ3) is 3.01. The Hall–Kier alpha value is -2.38. The summed E-state index contributed by atoms with van der Waals surface area (Å²) in [5.41, 5.74) is 1.57. The molecule has 0 heterocycles. The lowest BCUT2D eigenvalue weighted by atomic mass is 9.60. The maximum Gasteiger partial charge on any atom is 0.120 e. The van der Waals surface area contributed by atoms with Crippen molar-refractivity contribution in [3.63, 3.8) is 0 Å². The van der Waals surface area contributed by atoms with Crippen molar-refractivity contribution >= 4 is 0 Å². The highest BCUT2D eigenvalue weighted by Crippen LogP contribution is 2.52. The van der Waals surface area contributed by atoms with E-state index in [1.165, 1.54) is 5.56 Å². The van der Waals surface area contributed by atoms with Gasteiger partial charge in [0.1, 0.15) is 5.60 Å². The minimum absolute atomic E-state index is 0.166. The summed E-state index contributed by atoms with van der Waals surface area (Å²) in [6.07, 6.45) is 0. The largest absolute Gasteiger partial charge is 0.380 e. The van der Waals surface area contributed by atoms with Gasteiger partial charge in [0.15, 0.2) is 0 Å². The zero-order valence-electron chi connectivity index (χ0n) is 15.2. The van der Waals surface area contributed by atoms with E-state index in [4.69, 9.17) is 0 Å². The summed E-state index contributed by atoms with van der Waals surface area (Å²) in [5.74, 6) is 0.166. The Labute approximate surface area is 151 Å². The van der Waals surface area contributed by atoms with Crippen molar-refractivity contribution < 1.29 is 5.11 Å². The van der Waals surface area contributed by atoms with E-state index in [2.05, 4.69) is 45.0 Å². The lowest BCUT2D eigenvalue weighted by Crippen LogP contribution is -2.46. The van der Waals surface area contributed by atoms with Crippen LogP contribution in [-0.4, -0.2) is 5.11 Å². The molecular weight excluding hydrogens is 304 g/mol. The smallest absolute Gasteiger partial charge is 0.120 e. The first kappa shape index (κ1) is 17.4. The van der Waals surface area contributed by atoms with E-state index in [0.29, 0.717) is 0 Å². The van der Waals surface area contributed by atoms with Gasteiger partial charge < -0.3 is 5.11 Å². The molecule has 0 amide bonds. The molecule has 1 unspecified atom stereocenters. The first-order valence-electron chi connectivity index (χ1n) is 8.86. The third-order valence-electron chi connectivity index (χ3n) is 5.70. The van der Waals surface area contributed by atoms with Gasteiger partial charge in [0.2, 0.25) is 0 Å². The molecule has 0 aromatic heterocycles. The average Bonchev–Trinajstić information content (AvgIpc) is 2.68. The van der Waals surface area contributed by atoms with Crippen LogP contribution in [0.4, 0.5) is 0 Å². The Bertz CT molecular complexity index is 752. The normalized spacial score (nSPS) is 13.4. The van der Waals surface area contributed by atoms with Crippen molar-refractivity contribution in [3.8, 4) is 0 Å². The van der Waals surface area contributed by atoms with Gasteiger partial charge in [-0.1, -0.05) is 112 Å². The van der Waals surface area contributed by atoms with Crippen molar-refractivity contribution in [2.75, 3.05) is 0 Å². The van der Waals surface area contributed by atoms with Gasteiger partial charge in [-0.05, 0) is 22.6 Å². The second-order valence-corrected chi connectivity index (χ2v) is 7.30. The lowest BCUT2D eigenvalue weighted by Gasteiger charge is -2.47. The van der Waals surface area contributed by atoms with Gasteiger partial charge in [0.05, 0.1) is 0 Å². The van der Waals surface area contributed by atoms with E-state index >= 15 is 0 Å². The predicted molar refractivity (Wildman–Crippen MR) is 105 cm³/mol. The van der Waals surface area contributed by atoms with E-state index in [1.807, 2.05) is 66.7 Å². The molecule has 3 rings (SSSR count). The van der Waals surface area contributed by atoms with Crippen molar-refractivity contribution in [2.24, 2.45) is 5.41 Å². The van der Waals surface area contributed by atoms with Crippen LogP contribution >= 0.6 is 0 Å². The molecule has 0 aliphatic carbocycles. The molecule has 128 valence electrons. The number of hydrogen-bond acceptors (Lipinski definition) is 1. The Morgan fingerprint density at radius 1 is 0.640 bits per heavy atom. The second kappa shape index (κ2) is 6.85. The van der Waals surface area contributed by atoms with E-state index in [1.54, 1.807) is 0 Å². The standard InChI is InChI=1S/C24H26O/c1-19(20-13-7-4-8-14-20)23(2,3)24(25,21-15-9-5-10-16-21)22-17-11-6-12-18-22/h4-19,25H,1-3H3. The first-order chi connectivity index (χ1) is 12.0. The summed E-state index contributed by atoms with van der Waals surface area (Å²) in [6.45, 7) is 6.52. The highest BCUT2D eigenvalue weighted by Gasteiger charge is 2.49. The maximum absolute atomic E-state index is 12.1. The Morgan fingerprint density at radius 2 is 1.00 bits per heavy atom. The highest BCUT2D eigenvalue weighted by atomic mass is 16.3. The molecule has 0 saturated heterocycles. The van der Waals surface area contributed by atoms with Crippen molar-refractivity contribution in [3.05, 3.63) is 108 Å². The molecule has 0 bridgehead atoms. The molecule has 1 atom stereocenters. The van der Waals surface area contributed by atoms with Gasteiger partial charge in [0.25, 0.3) is 0 Å². The SMILES string of the molecule is CC(c1ccccc1)C(C)(C)C(O)(c1ccccc1)c1ccccc1. The zero-order valence-corrected chi connectivity index (χ0v) is 15.2. The Morgan fingerprint density at radius 3 is 1.40 bits per heavy atom. The van der Waals surface area contributed by atoms with Gasteiger partial charge in [-0.25, -0.2) is 0 Å². The fraction of sp³-hybridized carbons (Fsp3) is 0.250. The van der Waals surface area contributed by atoms with Crippen LogP contribution < -0.4 is 0 Å². The number of rotatable bonds is 5. The van der Waals surface area contributed by atoms with Gasteiger partial charge in [-0.3, -0.25) is 0 Å². The van der Waals surface area contributed by atoms with Gasteiger partial charge >= 0.3 is 0 Å². The number of aliphatic hydroxyl groups is 1. The molecule has 1 nitrogen and oxygen atoms in total. The molecular formula is C24H26O. The summed E-state index contributed by atoms with van der Waals surface area (Å²) in [7, 11) is 0. The number of hydrogen-bond donors (Lipinski definition) is 1. The van der Waals surface area contributed by atoms with Crippen LogP contribution in [0.5, 0.6) is 0 Å². The summed E-state index contributed by atoms with van der Waals surface area (Å²) in [4.78, 5) is 0. The topological polar surface area (TPSA) is 20.2 Å². The zero-order chi connectivity index (χ0) is 17.9. The van der Waals surface area contributed by atoms with Crippen LogP contribution in [0.2, 0.25) is 0 Å². The monoisotopic (exact) mass is 330 g/mol. The minimum Gasteiger partial charge on any atom is -0.380 e. The minimum atomic E-state index is -1.09. The molecule has 1 N–H and O–H groups in total. The predicted octanol–water partition coefficient (Wildman–Crippen LogP) is 5.75. The van der Waals surface area contributed by atoms with Crippen LogP contribution in [0, 0.1) is 5.41 Å². The van der Waals surface area contributed by atoms with E-state index in [9.17, 15) is 5.11 Å². The summed E-state index contributed by atoms with van der Waals surface area (Å²) >= 11 is 0. The van der Waals surface area contributed by atoms with Crippen molar-refractivity contribution in [1.82, 2.24) is 0 Å². The van der Waals surface area contributed by atoms with Crippen molar-refractivity contribution in [1.29, 1.82) is 0 Å². The van der Waals surface area contributed by atoms with E-state index in [0.717, 1.165) is 11.1 Å². The van der Waals surface area contributed by atoms with Gasteiger partial charge in [0, 0.05) is 5.41 Å². The van der Waals surface area contributed by atoms with Crippen LogP contribution in [0.3, 0.4) is 0 Å². The van der Waals surface area contributed by atoms with Gasteiger partial charge in [-0.15, -0.1) is 0 Å². The molecule has 3 aromatic carbocycles. The average molecular weight is 330 g/mol. The quantitative estimate of drug-likeness (QED) is 0.631. The summed E-state index contributed by atoms with van der Waals surface area (Å²) in [5, 5.41) is 12.1. The molecule has 0 fully saturated rings. The molecule has 3 aromatic rings.